The van der Waals surface area contributed by atoms with E-state index < -0.39 is 0 Å². The molecule has 0 bridgehead atoms. The fourth-order valence-corrected chi connectivity index (χ4v) is 2.18. The minimum atomic E-state index is -0.0539. The molecule has 82 valence electrons. The number of rotatable bonds is 2. The third-order valence-corrected chi connectivity index (χ3v) is 3.32. The van der Waals surface area contributed by atoms with E-state index >= 15 is 0 Å². The van der Waals surface area contributed by atoms with Crippen molar-refractivity contribution in [1.29, 1.82) is 0 Å². The molecule has 0 nitrogen and oxygen atoms in total. The van der Waals surface area contributed by atoms with Gasteiger partial charge in [0.1, 0.15) is 0 Å². The fraction of sp³-hybridized carbons (Fsp3) is 0.200. The lowest BCUT2D eigenvalue weighted by atomic mass is 9.99. The third kappa shape index (κ3) is 2.28. The lowest BCUT2D eigenvalue weighted by Crippen LogP contribution is -1.95. The summed E-state index contributed by atoms with van der Waals surface area (Å²) in [7, 11) is 0. The Bertz CT molecular complexity index is 471. The molecule has 0 aromatic heterocycles. The van der Waals surface area contributed by atoms with Gasteiger partial charge in [0, 0.05) is 0 Å². The predicted octanol–water partition coefficient (Wildman–Crippen LogP) is 4.63. The number of aryl methyl sites for hydroxylation is 2. The van der Waals surface area contributed by atoms with E-state index in [1.165, 1.54) is 16.7 Å². The molecule has 16 heavy (non-hydrogen) atoms. The Labute approximate surface area is 102 Å². The molecule has 0 spiro atoms. The number of benzene rings is 2. The van der Waals surface area contributed by atoms with Gasteiger partial charge in [-0.3, -0.25) is 0 Å². The number of hydrogen-bond donors (Lipinski definition) is 0. The smallest absolute Gasteiger partial charge is 0.0838 e. The molecule has 2 aromatic carbocycles. The van der Waals surface area contributed by atoms with Gasteiger partial charge in [-0.15, -0.1) is 11.6 Å². The van der Waals surface area contributed by atoms with Crippen LogP contribution in [0.1, 0.15) is 27.6 Å². The monoisotopic (exact) mass is 230 g/mol. The topological polar surface area (TPSA) is 0 Å². The summed E-state index contributed by atoms with van der Waals surface area (Å²) in [5.74, 6) is 0. The highest BCUT2D eigenvalue weighted by atomic mass is 35.5. The van der Waals surface area contributed by atoms with E-state index in [1.54, 1.807) is 0 Å². The molecule has 0 aliphatic heterocycles. The van der Waals surface area contributed by atoms with E-state index in [4.69, 9.17) is 11.6 Å². The highest BCUT2D eigenvalue weighted by Gasteiger charge is 2.11. The molecule has 0 aliphatic rings. The molecule has 0 aliphatic carbocycles. The van der Waals surface area contributed by atoms with Crippen molar-refractivity contribution in [3.05, 3.63) is 70.8 Å². The van der Waals surface area contributed by atoms with Crippen molar-refractivity contribution in [2.75, 3.05) is 0 Å². The van der Waals surface area contributed by atoms with Crippen LogP contribution >= 0.6 is 11.6 Å². The lowest BCUT2D eigenvalue weighted by molar-refractivity contribution is 1.11. The first-order valence-electron chi connectivity index (χ1n) is 5.44. The summed E-state index contributed by atoms with van der Waals surface area (Å²) in [6.45, 7) is 4.18. The molecule has 0 radical (unpaired) electrons. The SMILES string of the molecule is Cc1ccc([C@H](Cl)c2ccccc2C)cc1. The van der Waals surface area contributed by atoms with Gasteiger partial charge in [-0.1, -0.05) is 54.1 Å². The molecule has 0 N–H and O–H groups in total. The first-order valence-corrected chi connectivity index (χ1v) is 5.88. The summed E-state index contributed by atoms with van der Waals surface area (Å²) in [4.78, 5) is 0. The molecule has 0 amide bonds. The minimum Gasteiger partial charge on any atom is -0.113 e. The zero-order valence-corrected chi connectivity index (χ0v) is 10.3. The Morgan fingerprint density at radius 3 is 2.12 bits per heavy atom. The lowest BCUT2D eigenvalue weighted by Gasteiger charge is -2.13. The van der Waals surface area contributed by atoms with Crippen LogP contribution in [0.25, 0.3) is 0 Å². The second-order valence-corrected chi connectivity index (χ2v) is 4.57. The maximum Gasteiger partial charge on any atom is 0.0838 e. The van der Waals surface area contributed by atoms with Crippen LogP contribution in [-0.4, -0.2) is 0 Å². The van der Waals surface area contributed by atoms with Crippen molar-refractivity contribution >= 4 is 11.6 Å². The molecule has 0 saturated heterocycles. The van der Waals surface area contributed by atoms with E-state index in [1.807, 2.05) is 12.1 Å². The zero-order chi connectivity index (χ0) is 11.5. The third-order valence-electron chi connectivity index (χ3n) is 2.83. The van der Waals surface area contributed by atoms with E-state index in [0.717, 1.165) is 5.56 Å². The molecule has 0 fully saturated rings. The fourth-order valence-electron chi connectivity index (χ4n) is 1.79. The maximum atomic E-state index is 6.49. The molecule has 0 heterocycles. The van der Waals surface area contributed by atoms with Gasteiger partial charge >= 0.3 is 0 Å². The second-order valence-electron chi connectivity index (χ2n) is 4.13. The first kappa shape index (κ1) is 11.2. The summed E-state index contributed by atoms with van der Waals surface area (Å²) < 4.78 is 0. The molecular formula is C15H15Cl. The standard InChI is InChI=1S/C15H15Cl/c1-11-7-9-13(10-8-11)15(16)14-6-4-3-5-12(14)2/h3-10,15H,1-2H3/t15-/m0/s1. The summed E-state index contributed by atoms with van der Waals surface area (Å²) in [5.41, 5.74) is 4.84. The van der Waals surface area contributed by atoms with Crippen LogP contribution in [0.5, 0.6) is 0 Å². The normalized spacial score (nSPS) is 12.4. The van der Waals surface area contributed by atoms with Crippen molar-refractivity contribution in [2.45, 2.75) is 19.2 Å². The minimum absolute atomic E-state index is 0.0539. The van der Waals surface area contributed by atoms with Crippen LogP contribution in [0, 0.1) is 13.8 Å². The van der Waals surface area contributed by atoms with Crippen LogP contribution < -0.4 is 0 Å². The van der Waals surface area contributed by atoms with Gasteiger partial charge in [0.15, 0.2) is 0 Å². The van der Waals surface area contributed by atoms with E-state index in [2.05, 4.69) is 50.2 Å². The van der Waals surface area contributed by atoms with Crippen LogP contribution in [0.3, 0.4) is 0 Å². The predicted molar refractivity (Wildman–Crippen MR) is 70.1 cm³/mol. The Kier molecular flexibility index (Phi) is 3.31. The highest BCUT2D eigenvalue weighted by molar-refractivity contribution is 6.22. The molecular weight excluding hydrogens is 216 g/mol. The number of halogens is 1. The second kappa shape index (κ2) is 4.71. The van der Waals surface area contributed by atoms with Gasteiger partial charge in [0.2, 0.25) is 0 Å². The van der Waals surface area contributed by atoms with Crippen molar-refractivity contribution in [1.82, 2.24) is 0 Å². The quantitative estimate of drug-likeness (QED) is 0.660. The van der Waals surface area contributed by atoms with Crippen molar-refractivity contribution in [3.63, 3.8) is 0 Å². The largest absolute Gasteiger partial charge is 0.113 e. The Balaban J connectivity index is 2.35. The molecule has 1 atom stereocenters. The summed E-state index contributed by atoms with van der Waals surface area (Å²) in [5, 5.41) is -0.0539. The van der Waals surface area contributed by atoms with Crippen molar-refractivity contribution in [3.8, 4) is 0 Å². The van der Waals surface area contributed by atoms with Crippen LogP contribution in [-0.2, 0) is 0 Å². The van der Waals surface area contributed by atoms with Crippen LogP contribution in [0.4, 0.5) is 0 Å². The van der Waals surface area contributed by atoms with E-state index in [-0.39, 0.29) is 5.38 Å². The number of hydrogen-bond acceptors (Lipinski definition) is 0. The van der Waals surface area contributed by atoms with Crippen molar-refractivity contribution < 1.29 is 0 Å². The summed E-state index contributed by atoms with van der Waals surface area (Å²) in [6, 6.07) is 16.7. The first-order chi connectivity index (χ1) is 7.68. The molecule has 0 saturated carbocycles. The van der Waals surface area contributed by atoms with Gasteiger partial charge in [0.25, 0.3) is 0 Å². The summed E-state index contributed by atoms with van der Waals surface area (Å²) >= 11 is 6.49. The summed E-state index contributed by atoms with van der Waals surface area (Å²) in [6.07, 6.45) is 0. The maximum absolute atomic E-state index is 6.49. The molecule has 0 unspecified atom stereocenters. The van der Waals surface area contributed by atoms with Gasteiger partial charge in [-0.05, 0) is 30.5 Å². The van der Waals surface area contributed by atoms with Gasteiger partial charge < -0.3 is 0 Å². The van der Waals surface area contributed by atoms with E-state index in [0.29, 0.717) is 0 Å². The van der Waals surface area contributed by atoms with E-state index in [9.17, 15) is 0 Å². The van der Waals surface area contributed by atoms with Gasteiger partial charge in [-0.25, -0.2) is 0 Å². The average molecular weight is 231 g/mol. The molecule has 2 rings (SSSR count). The Morgan fingerprint density at radius 1 is 0.875 bits per heavy atom. The Morgan fingerprint density at radius 2 is 1.50 bits per heavy atom. The van der Waals surface area contributed by atoms with Gasteiger partial charge in [0.05, 0.1) is 5.38 Å². The molecule has 2 aromatic rings. The average Bonchev–Trinajstić information content (AvgIpc) is 2.30. The Hall–Kier alpha value is -1.27. The van der Waals surface area contributed by atoms with Gasteiger partial charge in [-0.2, -0.15) is 0 Å². The van der Waals surface area contributed by atoms with Crippen LogP contribution in [0.2, 0.25) is 0 Å². The zero-order valence-electron chi connectivity index (χ0n) is 9.57. The number of alkyl halides is 1. The van der Waals surface area contributed by atoms with Crippen molar-refractivity contribution in [2.24, 2.45) is 0 Å². The highest BCUT2D eigenvalue weighted by Crippen LogP contribution is 2.30. The van der Waals surface area contributed by atoms with Crippen LogP contribution in [0.15, 0.2) is 48.5 Å². The molecule has 1 heteroatoms.